The van der Waals surface area contributed by atoms with Gasteiger partial charge >= 0.3 is 6.18 Å². The molecule has 0 bridgehead atoms. The summed E-state index contributed by atoms with van der Waals surface area (Å²) in [6, 6.07) is 18.2. The van der Waals surface area contributed by atoms with Crippen molar-refractivity contribution < 1.29 is 27.7 Å². The quantitative estimate of drug-likeness (QED) is 0.194. The number of aromatic nitrogens is 2. The van der Waals surface area contributed by atoms with Crippen LogP contribution in [0.25, 0.3) is 5.69 Å². The molecular weight excluding hydrogens is 595 g/mol. The van der Waals surface area contributed by atoms with Crippen LogP contribution >= 0.6 is 15.9 Å². The van der Waals surface area contributed by atoms with E-state index in [1.807, 2.05) is 24.3 Å². The molecule has 0 aliphatic heterocycles. The summed E-state index contributed by atoms with van der Waals surface area (Å²) >= 11 is 3.39. The molecule has 40 heavy (non-hydrogen) atoms. The minimum Gasteiger partial charge on any atom is -0.341 e. The second-order valence-corrected chi connectivity index (χ2v) is 9.34. The lowest BCUT2D eigenvalue weighted by molar-refractivity contribution is -0.384. The van der Waals surface area contributed by atoms with Gasteiger partial charge in [0.05, 0.1) is 22.4 Å². The van der Waals surface area contributed by atoms with Crippen LogP contribution < -0.4 is 10.6 Å². The van der Waals surface area contributed by atoms with Crippen molar-refractivity contribution in [2.45, 2.75) is 26.1 Å². The topological polar surface area (TPSA) is 119 Å². The van der Waals surface area contributed by atoms with E-state index in [4.69, 9.17) is 0 Å². The van der Waals surface area contributed by atoms with E-state index in [9.17, 15) is 32.9 Å². The monoisotopic (exact) mass is 617 g/mol. The number of hydrogen-bond acceptors (Lipinski definition) is 5. The lowest BCUT2D eigenvalue weighted by Gasteiger charge is -2.16. The number of carbonyl (C=O) groups is 2. The predicted octanol–water partition coefficient (Wildman–Crippen LogP) is 6.31. The van der Waals surface area contributed by atoms with Gasteiger partial charge in [-0.1, -0.05) is 46.3 Å². The molecule has 0 radical (unpaired) electrons. The number of carbonyl (C=O) groups excluding carboxylic acids is 2. The number of rotatable bonds is 6. The van der Waals surface area contributed by atoms with Crippen LogP contribution in [0.1, 0.15) is 28.4 Å². The Bertz CT molecular complexity index is 1510. The average molecular weight is 618 g/mol. The molecule has 13 heteroatoms. The van der Waals surface area contributed by atoms with Gasteiger partial charge in [-0.15, -0.1) is 0 Å². The van der Waals surface area contributed by atoms with Crippen molar-refractivity contribution in [2.75, 3.05) is 5.32 Å². The zero-order chi connectivity index (χ0) is 29.4. The number of nitrogens with one attached hydrogen (secondary N) is 2. The molecule has 208 valence electrons. The number of amides is 2. The molecule has 4 aromatic rings. The number of para-hydroxylation sites is 1. The fourth-order valence-electron chi connectivity index (χ4n) is 3.34. The predicted molar refractivity (Wildman–Crippen MR) is 146 cm³/mol. The van der Waals surface area contributed by atoms with Gasteiger partial charge in [0.2, 0.25) is 5.91 Å². The van der Waals surface area contributed by atoms with Crippen LogP contribution in [0, 0.1) is 17.0 Å². The van der Waals surface area contributed by atoms with Gasteiger partial charge in [0.15, 0.2) is 0 Å². The van der Waals surface area contributed by atoms with Gasteiger partial charge < -0.3 is 10.6 Å². The Kier molecular flexibility index (Phi) is 9.78. The second-order valence-electron chi connectivity index (χ2n) is 8.42. The van der Waals surface area contributed by atoms with Crippen molar-refractivity contribution in [3.05, 3.63) is 116 Å². The van der Waals surface area contributed by atoms with Crippen molar-refractivity contribution in [3.63, 3.8) is 0 Å². The molecule has 0 spiro atoms. The molecule has 1 atom stereocenters. The Morgan fingerprint density at radius 2 is 1.70 bits per heavy atom. The van der Waals surface area contributed by atoms with E-state index in [-0.39, 0.29) is 11.3 Å². The zero-order valence-electron chi connectivity index (χ0n) is 21.1. The van der Waals surface area contributed by atoms with Crippen LogP contribution in [0.3, 0.4) is 0 Å². The van der Waals surface area contributed by atoms with E-state index in [2.05, 4.69) is 31.7 Å². The van der Waals surface area contributed by atoms with Gasteiger partial charge in [0.25, 0.3) is 11.6 Å². The third-order valence-electron chi connectivity index (χ3n) is 5.41. The SMILES string of the molecule is Cc1cnn(-c2cccc(Br)c2)c1NC(=O)C(C)NC(=O)c1cccc(C(F)(F)F)c1.O=[N+]([O-])c1ccccc1. The van der Waals surface area contributed by atoms with Crippen LogP contribution in [-0.4, -0.2) is 32.6 Å². The Labute approximate surface area is 235 Å². The molecule has 0 saturated heterocycles. The summed E-state index contributed by atoms with van der Waals surface area (Å²) in [5.74, 6) is -0.908. The maximum atomic E-state index is 12.9. The first-order valence-corrected chi connectivity index (χ1v) is 12.4. The van der Waals surface area contributed by atoms with Gasteiger partial charge in [-0.05, 0) is 50.2 Å². The lowest BCUT2D eigenvalue weighted by Crippen LogP contribution is -2.42. The summed E-state index contributed by atoms with van der Waals surface area (Å²) in [5.41, 5.74) is 0.413. The van der Waals surface area contributed by atoms with Crippen LogP contribution in [0.2, 0.25) is 0 Å². The number of non-ortho nitro benzene ring substituents is 1. The summed E-state index contributed by atoms with van der Waals surface area (Å²) in [5, 5.41) is 19.4. The summed E-state index contributed by atoms with van der Waals surface area (Å²) in [7, 11) is 0. The van der Waals surface area contributed by atoms with E-state index in [0.717, 1.165) is 22.7 Å². The maximum Gasteiger partial charge on any atom is 0.416 e. The molecule has 0 saturated carbocycles. The molecule has 3 aromatic carbocycles. The van der Waals surface area contributed by atoms with Gasteiger partial charge in [-0.2, -0.15) is 18.3 Å². The van der Waals surface area contributed by atoms with Crippen LogP contribution in [-0.2, 0) is 11.0 Å². The molecule has 1 unspecified atom stereocenters. The van der Waals surface area contributed by atoms with Crippen molar-refractivity contribution in [2.24, 2.45) is 0 Å². The summed E-state index contributed by atoms with van der Waals surface area (Å²) in [6.07, 6.45) is -2.98. The van der Waals surface area contributed by atoms with Crippen molar-refractivity contribution in [3.8, 4) is 5.69 Å². The molecular formula is C27H23BrF3N5O4. The molecule has 0 aliphatic rings. The molecule has 0 aliphatic carbocycles. The van der Waals surface area contributed by atoms with Gasteiger partial charge in [-0.25, -0.2) is 4.68 Å². The lowest BCUT2D eigenvalue weighted by atomic mass is 10.1. The smallest absolute Gasteiger partial charge is 0.341 e. The Morgan fingerprint density at radius 1 is 1.02 bits per heavy atom. The molecule has 4 rings (SSSR count). The first-order valence-electron chi connectivity index (χ1n) is 11.7. The van der Waals surface area contributed by atoms with Gasteiger partial charge in [0.1, 0.15) is 11.9 Å². The molecule has 1 heterocycles. The highest BCUT2D eigenvalue weighted by Crippen LogP contribution is 2.29. The van der Waals surface area contributed by atoms with E-state index in [1.165, 1.54) is 25.1 Å². The molecule has 9 nitrogen and oxygen atoms in total. The number of benzene rings is 3. The molecule has 0 fully saturated rings. The summed E-state index contributed by atoms with van der Waals surface area (Å²) < 4.78 is 41.0. The maximum absolute atomic E-state index is 12.9. The van der Waals surface area contributed by atoms with Crippen molar-refractivity contribution >= 4 is 39.2 Å². The summed E-state index contributed by atoms with van der Waals surface area (Å²) in [4.78, 5) is 34.6. The Morgan fingerprint density at radius 3 is 2.30 bits per heavy atom. The number of anilines is 1. The van der Waals surface area contributed by atoms with E-state index >= 15 is 0 Å². The van der Waals surface area contributed by atoms with Gasteiger partial charge in [-0.3, -0.25) is 19.7 Å². The number of nitrogens with zero attached hydrogens (tertiary/aromatic N) is 3. The first kappa shape index (κ1) is 30.0. The molecule has 2 amide bonds. The van der Waals surface area contributed by atoms with Gasteiger partial charge in [0, 0.05) is 27.7 Å². The Hall–Kier alpha value is -4.52. The molecule has 1 aromatic heterocycles. The number of aryl methyl sites for hydroxylation is 1. The van der Waals surface area contributed by atoms with E-state index in [1.54, 1.807) is 36.0 Å². The zero-order valence-corrected chi connectivity index (χ0v) is 22.7. The van der Waals surface area contributed by atoms with Crippen LogP contribution in [0.5, 0.6) is 0 Å². The third-order valence-corrected chi connectivity index (χ3v) is 5.90. The molecule has 2 N–H and O–H groups in total. The van der Waals surface area contributed by atoms with E-state index < -0.39 is 34.5 Å². The van der Waals surface area contributed by atoms with Crippen molar-refractivity contribution in [1.29, 1.82) is 0 Å². The summed E-state index contributed by atoms with van der Waals surface area (Å²) in [6.45, 7) is 3.21. The van der Waals surface area contributed by atoms with E-state index in [0.29, 0.717) is 17.1 Å². The van der Waals surface area contributed by atoms with Crippen molar-refractivity contribution in [1.82, 2.24) is 15.1 Å². The normalized spacial score (nSPS) is 11.6. The standard InChI is InChI=1S/C21H18BrF3N4O2.C6H5NO2/c1-12-11-26-29(17-8-4-7-16(22)10-17)18(12)28-19(30)13(2)27-20(31)14-5-3-6-15(9-14)21(23,24)25;8-7(9)6-4-2-1-3-5-6/h3-11,13H,1-2H3,(H,27,31)(H,28,30);1-5H. The number of halogens is 4. The fraction of sp³-hybridized carbons (Fsp3) is 0.148. The average Bonchev–Trinajstić information content (AvgIpc) is 3.28. The minimum atomic E-state index is -4.57. The number of hydrogen-bond donors (Lipinski definition) is 2. The highest BCUT2D eigenvalue weighted by molar-refractivity contribution is 9.10. The highest BCUT2D eigenvalue weighted by atomic mass is 79.9. The van der Waals surface area contributed by atoms with Crippen LogP contribution in [0.15, 0.2) is 89.5 Å². The third kappa shape index (κ3) is 7.99. The minimum absolute atomic E-state index is 0.137. The fourth-order valence-corrected chi connectivity index (χ4v) is 3.73. The van der Waals surface area contributed by atoms with Crippen LogP contribution in [0.4, 0.5) is 24.7 Å². The number of nitro benzene ring substituents is 1. The second kappa shape index (κ2) is 13.0. The number of nitro groups is 1. The largest absolute Gasteiger partial charge is 0.416 e. The Balaban J connectivity index is 0.000000415. The number of alkyl halides is 3. The first-order chi connectivity index (χ1) is 18.9. The highest BCUT2D eigenvalue weighted by Gasteiger charge is 2.31.